The van der Waals surface area contributed by atoms with E-state index < -0.39 is 4.92 Å². The monoisotopic (exact) mass is 312 g/mol. The van der Waals surface area contributed by atoms with Gasteiger partial charge in [0.2, 0.25) is 0 Å². The van der Waals surface area contributed by atoms with Crippen LogP contribution in [0.5, 0.6) is 0 Å². The number of aromatic nitrogens is 1. The molecule has 0 atom stereocenters. The maximum absolute atomic E-state index is 12.4. The molecule has 1 aliphatic heterocycles. The van der Waals surface area contributed by atoms with E-state index in [1.54, 1.807) is 11.9 Å². The van der Waals surface area contributed by atoms with E-state index in [1.807, 2.05) is 0 Å². The molecular formula is C13H17ClN4O3. The summed E-state index contributed by atoms with van der Waals surface area (Å²) in [6.07, 6.45) is 3.07. The van der Waals surface area contributed by atoms with Crippen LogP contribution in [0.2, 0.25) is 5.15 Å². The lowest BCUT2D eigenvalue weighted by molar-refractivity contribution is -0.385. The Kier molecular flexibility index (Phi) is 5.08. The highest BCUT2D eigenvalue weighted by molar-refractivity contribution is 6.32. The fourth-order valence-electron chi connectivity index (χ4n) is 2.43. The molecule has 0 spiro atoms. The largest absolute Gasteiger partial charge is 0.341 e. The number of carbonyl (C=O) groups is 1. The zero-order valence-electron chi connectivity index (χ0n) is 11.7. The number of hydrogen-bond donors (Lipinski definition) is 1. The molecule has 0 aliphatic carbocycles. The van der Waals surface area contributed by atoms with E-state index in [0.29, 0.717) is 12.5 Å². The lowest BCUT2D eigenvalue weighted by Crippen LogP contribution is -2.37. The quantitative estimate of drug-likeness (QED) is 0.519. The predicted molar refractivity (Wildman–Crippen MR) is 78.5 cm³/mol. The van der Waals surface area contributed by atoms with Crippen LogP contribution in [-0.2, 0) is 0 Å². The van der Waals surface area contributed by atoms with Crippen molar-refractivity contribution in [2.24, 2.45) is 5.92 Å². The molecule has 0 aromatic carbocycles. The van der Waals surface area contributed by atoms with E-state index in [0.717, 1.165) is 32.1 Å². The molecule has 0 saturated carbocycles. The summed E-state index contributed by atoms with van der Waals surface area (Å²) in [7, 11) is 1.68. The lowest BCUT2D eigenvalue weighted by atomic mass is 9.97. The van der Waals surface area contributed by atoms with Gasteiger partial charge in [-0.05, 0) is 31.8 Å². The highest BCUT2D eigenvalue weighted by atomic mass is 35.5. The van der Waals surface area contributed by atoms with Gasteiger partial charge in [-0.2, -0.15) is 0 Å². The molecule has 0 unspecified atom stereocenters. The predicted octanol–water partition coefficient (Wildman–Crippen LogP) is 1.71. The molecule has 2 rings (SSSR count). The summed E-state index contributed by atoms with van der Waals surface area (Å²) >= 11 is 5.89. The van der Waals surface area contributed by atoms with Crippen molar-refractivity contribution >= 4 is 23.2 Å². The molecule has 0 radical (unpaired) electrons. The number of rotatable bonds is 4. The van der Waals surface area contributed by atoms with Gasteiger partial charge in [0.05, 0.1) is 10.5 Å². The van der Waals surface area contributed by atoms with E-state index in [-0.39, 0.29) is 22.3 Å². The Morgan fingerprint density at radius 2 is 2.24 bits per heavy atom. The van der Waals surface area contributed by atoms with Gasteiger partial charge in [-0.15, -0.1) is 0 Å². The summed E-state index contributed by atoms with van der Waals surface area (Å²) in [5.74, 6) is 0.0976. The van der Waals surface area contributed by atoms with Crippen LogP contribution in [0.15, 0.2) is 12.3 Å². The fourth-order valence-corrected chi connectivity index (χ4v) is 2.61. The third-order valence-corrected chi connectivity index (χ3v) is 3.90. The maximum atomic E-state index is 12.4. The minimum atomic E-state index is -0.590. The molecule has 0 bridgehead atoms. The summed E-state index contributed by atoms with van der Waals surface area (Å²) in [4.78, 5) is 27.8. The van der Waals surface area contributed by atoms with Crippen molar-refractivity contribution in [3.63, 3.8) is 0 Å². The smallest absolute Gasteiger partial charge is 0.288 e. The Morgan fingerprint density at radius 1 is 1.57 bits per heavy atom. The molecule has 8 heteroatoms. The lowest BCUT2D eigenvalue weighted by Gasteiger charge is -2.27. The number of halogens is 1. The SMILES string of the molecule is CN(CC1CCNCC1)C(=O)c1cc([N+](=O)[O-])cnc1Cl. The molecule has 1 aromatic rings. The number of nitrogens with one attached hydrogen (secondary N) is 1. The van der Waals surface area contributed by atoms with E-state index in [9.17, 15) is 14.9 Å². The Bertz CT molecular complexity index is 546. The molecule has 1 aromatic heterocycles. The molecule has 2 heterocycles. The molecule has 114 valence electrons. The van der Waals surface area contributed by atoms with Crippen LogP contribution < -0.4 is 5.32 Å². The Balaban J connectivity index is 2.10. The Morgan fingerprint density at radius 3 is 2.86 bits per heavy atom. The van der Waals surface area contributed by atoms with Gasteiger partial charge in [-0.25, -0.2) is 4.98 Å². The average molecular weight is 313 g/mol. The van der Waals surface area contributed by atoms with Crippen molar-refractivity contribution in [2.45, 2.75) is 12.8 Å². The number of pyridine rings is 1. The number of carbonyl (C=O) groups excluding carboxylic acids is 1. The van der Waals surface area contributed by atoms with Crippen molar-refractivity contribution in [1.82, 2.24) is 15.2 Å². The van der Waals surface area contributed by atoms with Crippen LogP contribution in [0.1, 0.15) is 23.2 Å². The second-order valence-corrected chi connectivity index (χ2v) is 5.53. The van der Waals surface area contributed by atoms with Crippen molar-refractivity contribution in [3.05, 3.63) is 33.1 Å². The number of piperidine rings is 1. The third kappa shape index (κ3) is 3.89. The Labute approximate surface area is 127 Å². The van der Waals surface area contributed by atoms with Crippen LogP contribution in [-0.4, -0.2) is 47.4 Å². The average Bonchev–Trinajstić information content (AvgIpc) is 2.47. The fraction of sp³-hybridized carbons (Fsp3) is 0.538. The normalized spacial score (nSPS) is 15.7. The van der Waals surface area contributed by atoms with E-state index in [1.165, 1.54) is 6.07 Å². The van der Waals surface area contributed by atoms with Crippen LogP contribution in [0.3, 0.4) is 0 Å². The third-order valence-electron chi connectivity index (χ3n) is 3.60. The van der Waals surface area contributed by atoms with Crippen molar-refractivity contribution < 1.29 is 9.72 Å². The van der Waals surface area contributed by atoms with Gasteiger partial charge in [0.15, 0.2) is 0 Å². The molecule has 1 saturated heterocycles. The molecule has 1 aliphatic rings. The van der Waals surface area contributed by atoms with Crippen molar-refractivity contribution in [2.75, 3.05) is 26.7 Å². The van der Waals surface area contributed by atoms with E-state index in [2.05, 4.69) is 10.3 Å². The van der Waals surface area contributed by atoms with Crippen LogP contribution >= 0.6 is 11.6 Å². The molecular weight excluding hydrogens is 296 g/mol. The maximum Gasteiger partial charge on any atom is 0.288 e. The minimum absolute atomic E-state index is 0.0113. The highest BCUT2D eigenvalue weighted by Gasteiger charge is 2.23. The summed E-state index contributed by atoms with van der Waals surface area (Å²) in [6.45, 7) is 2.51. The second-order valence-electron chi connectivity index (χ2n) is 5.17. The number of amides is 1. The number of nitrogens with zero attached hydrogens (tertiary/aromatic N) is 3. The first-order chi connectivity index (χ1) is 9.99. The summed E-state index contributed by atoms with van der Waals surface area (Å²) in [5.41, 5.74) is -0.166. The van der Waals surface area contributed by atoms with Crippen LogP contribution in [0.4, 0.5) is 5.69 Å². The number of hydrogen-bond acceptors (Lipinski definition) is 5. The highest BCUT2D eigenvalue weighted by Crippen LogP contribution is 2.21. The first-order valence-corrected chi connectivity index (χ1v) is 7.13. The molecule has 1 amide bonds. The topological polar surface area (TPSA) is 88.4 Å². The second kappa shape index (κ2) is 6.82. The first kappa shape index (κ1) is 15.7. The molecule has 21 heavy (non-hydrogen) atoms. The van der Waals surface area contributed by atoms with E-state index in [4.69, 9.17) is 11.6 Å². The summed E-state index contributed by atoms with van der Waals surface area (Å²) in [5, 5.41) is 14.0. The standard InChI is InChI=1S/C13H17ClN4O3/c1-17(8-9-2-4-15-5-3-9)13(19)11-6-10(18(20)21)7-16-12(11)14/h6-7,9,15H,2-5,8H2,1H3. The summed E-state index contributed by atoms with van der Waals surface area (Å²) in [6, 6.07) is 1.18. The summed E-state index contributed by atoms with van der Waals surface area (Å²) < 4.78 is 0. The minimum Gasteiger partial charge on any atom is -0.341 e. The van der Waals surface area contributed by atoms with Crippen LogP contribution in [0, 0.1) is 16.0 Å². The van der Waals surface area contributed by atoms with Gasteiger partial charge in [-0.3, -0.25) is 14.9 Å². The zero-order chi connectivity index (χ0) is 15.4. The van der Waals surface area contributed by atoms with Crippen molar-refractivity contribution in [1.29, 1.82) is 0 Å². The number of nitro groups is 1. The Hall–Kier alpha value is -1.73. The molecule has 1 fully saturated rings. The van der Waals surface area contributed by atoms with Crippen molar-refractivity contribution in [3.8, 4) is 0 Å². The van der Waals surface area contributed by atoms with Gasteiger partial charge in [0.25, 0.3) is 11.6 Å². The zero-order valence-corrected chi connectivity index (χ0v) is 12.5. The van der Waals surface area contributed by atoms with Gasteiger partial charge in [0, 0.05) is 19.7 Å². The van der Waals surface area contributed by atoms with Gasteiger partial charge >= 0.3 is 0 Å². The van der Waals surface area contributed by atoms with Crippen LogP contribution in [0.25, 0.3) is 0 Å². The van der Waals surface area contributed by atoms with Gasteiger partial charge in [0.1, 0.15) is 11.3 Å². The molecule has 7 nitrogen and oxygen atoms in total. The van der Waals surface area contributed by atoms with Gasteiger partial charge < -0.3 is 10.2 Å². The first-order valence-electron chi connectivity index (χ1n) is 6.75. The van der Waals surface area contributed by atoms with E-state index >= 15 is 0 Å². The van der Waals surface area contributed by atoms with Gasteiger partial charge in [-0.1, -0.05) is 11.6 Å². The molecule has 1 N–H and O–H groups in total.